The standard InChI is InChI=1S/C18H16ClN3O4/c1-11(12-6-7-16-14(8-12)20-17(23)9-26-16)21-22-18(24)10-25-15-5-3-2-4-13(15)19/h2-8H,9-10H2,1H3,(H,20,23)(H,22,24)/b21-11-. The summed E-state index contributed by atoms with van der Waals surface area (Å²) in [6.45, 7) is 1.53. The van der Waals surface area contributed by atoms with Crippen molar-refractivity contribution >= 4 is 34.8 Å². The van der Waals surface area contributed by atoms with Crippen LogP contribution in [0.15, 0.2) is 47.6 Å². The minimum absolute atomic E-state index is 0.000899. The molecule has 3 rings (SSSR count). The number of amides is 2. The Morgan fingerprint density at radius 1 is 1.35 bits per heavy atom. The topological polar surface area (TPSA) is 89.0 Å². The van der Waals surface area contributed by atoms with Crippen molar-refractivity contribution < 1.29 is 19.1 Å². The van der Waals surface area contributed by atoms with Crippen LogP contribution in [0.3, 0.4) is 0 Å². The fraction of sp³-hybridized carbons (Fsp3) is 0.167. The normalized spacial score (nSPS) is 13.3. The quantitative estimate of drug-likeness (QED) is 0.622. The zero-order valence-corrected chi connectivity index (χ0v) is 14.7. The molecule has 0 fully saturated rings. The van der Waals surface area contributed by atoms with Gasteiger partial charge >= 0.3 is 0 Å². The molecule has 0 aliphatic carbocycles. The van der Waals surface area contributed by atoms with E-state index in [1.165, 1.54) is 0 Å². The largest absolute Gasteiger partial charge is 0.482 e. The lowest BCUT2D eigenvalue weighted by Crippen LogP contribution is -2.26. The zero-order valence-electron chi connectivity index (χ0n) is 13.9. The second-order valence-corrected chi connectivity index (χ2v) is 5.91. The van der Waals surface area contributed by atoms with Crippen molar-refractivity contribution in [1.29, 1.82) is 0 Å². The summed E-state index contributed by atoms with van der Waals surface area (Å²) < 4.78 is 10.6. The SMILES string of the molecule is C/C(=N/NC(=O)COc1ccccc1Cl)c1ccc2c(c1)NC(=O)CO2. The molecule has 2 aromatic rings. The molecule has 0 radical (unpaired) electrons. The number of nitrogens with one attached hydrogen (secondary N) is 2. The molecule has 0 spiro atoms. The van der Waals surface area contributed by atoms with Crippen LogP contribution >= 0.6 is 11.6 Å². The summed E-state index contributed by atoms with van der Waals surface area (Å²) in [7, 11) is 0. The van der Waals surface area contributed by atoms with E-state index in [0.717, 1.165) is 5.56 Å². The fourth-order valence-corrected chi connectivity index (χ4v) is 2.45. The van der Waals surface area contributed by atoms with Crippen molar-refractivity contribution in [3.63, 3.8) is 0 Å². The van der Waals surface area contributed by atoms with Gasteiger partial charge in [-0.3, -0.25) is 9.59 Å². The minimum atomic E-state index is -0.418. The number of benzene rings is 2. The fourth-order valence-electron chi connectivity index (χ4n) is 2.26. The van der Waals surface area contributed by atoms with Crippen LogP contribution in [0.4, 0.5) is 5.69 Å². The van der Waals surface area contributed by atoms with Crippen LogP contribution < -0.4 is 20.2 Å². The highest BCUT2D eigenvalue weighted by molar-refractivity contribution is 6.32. The maximum atomic E-state index is 11.9. The molecule has 0 saturated heterocycles. The van der Waals surface area contributed by atoms with E-state index in [4.69, 9.17) is 21.1 Å². The first kappa shape index (κ1) is 17.8. The third kappa shape index (κ3) is 4.31. The smallest absolute Gasteiger partial charge is 0.277 e. The minimum Gasteiger partial charge on any atom is -0.482 e. The lowest BCUT2D eigenvalue weighted by Gasteiger charge is -2.18. The number of carbonyl (C=O) groups excluding carboxylic acids is 2. The number of rotatable bonds is 5. The molecule has 1 heterocycles. The van der Waals surface area contributed by atoms with E-state index in [-0.39, 0.29) is 19.1 Å². The van der Waals surface area contributed by atoms with E-state index in [0.29, 0.717) is 27.9 Å². The molecular formula is C18H16ClN3O4. The van der Waals surface area contributed by atoms with Gasteiger partial charge in [0.2, 0.25) is 0 Å². The van der Waals surface area contributed by atoms with E-state index in [1.807, 2.05) is 0 Å². The summed E-state index contributed by atoms with van der Waals surface area (Å²) >= 11 is 5.96. The number of nitrogens with zero attached hydrogens (tertiary/aromatic N) is 1. The second kappa shape index (κ2) is 7.88. The van der Waals surface area contributed by atoms with Crippen molar-refractivity contribution in [3.8, 4) is 11.5 Å². The molecule has 0 saturated carbocycles. The van der Waals surface area contributed by atoms with Gasteiger partial charge in [-0.2, -0.15) is 5.10 Å². The molecule has 1 aliphatic rings. The number of hydrogen-bond acceptors (Lipinski definition) is 5. The maximum absolute atomic E-state index is 11.9. The highest BCUT2D eigenvalue weighted by Gasteiger charge is 2.16. The van der Waals surface area contributed by atoms with Gasteiger partial charge in [0.1, 0.15) is 11.5 Å². The number of para-hydroxylation sites is 1. The molecule has 0 atom stereocenters. The Bertz CT molecular complexity index is 882. The second-order valence-electron chi connectivity index (χ2n) is 5.50. The van der Waals surface area contributed by atoms with Crippen LogP contribution in [0.2, 0.25) is 5.02 Å². The Labute approximate surface area is 154 Å². The van der Waals surface area contributed by atoms with Crippen LogP contribution in [0, 0.1) is 0 Å². The van der Waals surface area contributed by atoms with Gasteiger partial charge in [0.15, 0.2) is 13.2 Å². The number of ether oxygens (including phenoxy) is 2. The van der Waals surface area contributed by atoms with E-state index >= 15 is 0 Å². The molecule has 26 heavy (non-hydrogen) atoms. The third-order valence-electron chi connectivity index (χ3n) is 3.57. The van der Waals surface area contributed by atoms with Gasteiger partial charge in [-0.1, -0.05) is 23.7 Å². The van der Waals surface area contributed by atoms with Crippen molar-refractivity contribution in [2.75, 3.05) is 18.5 Å². The predicted molar refractivity (Wildman–Crippen MR) is 97.9 cm³/mol. The summed E-state index contributed by atoms with van der Waals surface area (Å²) in [4.78, 5) is 23.3. The van der Waals surface area contributed by atoms with Crippen LogP contribution in [-0.2, 0) is 9.59 Å². The van der Waals surface area contributed by atoms with E-state index < -0.39 is 5.91 Å². The Balaban J connectivity index is 1.59. The number of hydrogen-bond donors (Lipinski definition) is 2. The lowest BCUT2D eigenvalue weighted by molar-refractivity contribution is -0.123. The first-order valence-electron chi connectivity index (χ1n) is 7.80. The molecule has 134 valence electrons. The zero-order chi connectivity index (χ0) is 18.5. The monoisotopic (exact) mass is 373 g/mol. The number of hydrazone groups is 1. The average Bonchev–Trinajstić information content (AvgIpc) is 2.64. The van der Waals surface area contributed by atoms with Gasteiger partial charge < -0.3 is 14.8 Å². The molecule has 2 N–H and O–H groups in total. The number of halogens is 1. The van der Waals surface area contributed by atoms with Gasteiger partial charge in [0.05, 0.1) is 16.4 Å². The molecule has 0 bridgehead atoms. The molecule has 1 aliphatic heterocycles. The average molecular weight is 374 g/mol. The maximum Gasteiger partial charge on any atom is 0.277 e. The van der Waals surface area contributed by atoms with Gasteiger partial charge in [0.25, 0.3) is 11.8 Å². The van der Waals surface area contributed by atoms with Gasteiger partial charge in [-0.15, -0.1) is 0 Å². The van der Waals surface area contributed by atoms with Crippen LogP contribution in [0.25, 0.3) is 0 Å². The molecule has 0 unspecified atom stereocenters. The van der Waals surface area contributed by atoms with Crippen molar-refractivity contribution in [2.45, 2.75) is 6.92 Å². The third-order valence-corrected chi connectivity index (χ3v) is 3.89. The summed E-state index contributed by atoms with van der Waals surface area (Å²) in [5.41, 5.74) is 4.30. The van der Waals surface area contributed by atoms with Crippen LogP contribution in [-0.4, -0.2) is 30.7 Å². The van der Waals surface area contributed by atoms with E-state index in [2.05, 4.69) is 15.8 Å². The van der Waals surface area contributed by atoms with Gasteiger partial charge in [-0.05, 0) is 42.8 Å². The first-order valence-corrected chi connectivity index (χ1v) is 8.18. The molecule has 8 heteroatoms. The Morgan fingerprint density at radius 2 is 2.15 bits per heavy atom. The highest BCUT2D eigenvalue weighted by Crippen LogP contribution is 2.28. The molecule has 7 nitrogen and oxygen atoms in total. The van der Waals surface area contributed by atoms with Gasteiger partial charge in [0, 0.05) is 0 Å². The number of carbonyl (C=O) groups is 2. The Kier molecular flexibility index (Phi) is 5.38. The summed E-state index contributed by atoms with van der Waals surface area (Å²) in [5.74, 6) is 0.391. The Morgan fingerprint density at radius 3 is 2.96 bits per heavy atom. The lowest BCUT2D eigenvalue weighted by atomic mass is 10.1. The van der Waals surface area contributed by atoms with Gasteiger partial charge in [-0.25, -0.2) is 5.43 Å². The number of fused-ring (bicyclic) bond motifs is 1. The van der Waals surface area contributed by atoms with Crippen molar-refractivity contribution in [2.24, 2.45) is 5.10 Å². The van der Waals surface area contributed by atoms with Crippen molar-refractivity contribution in [3.05, 3.63) is 53.1 Å². The van der Waals surface area contributed by atoms with E-state index in [1.54, 1.807) is 49.4 Å². The van der Waals surface area contributed by atoms with Crippen LogP contribution in [0.5, 0.6) is 11.5 Å². The molecular weight excluding hydrogens is 358 g/mol. The van der Waals surface area contributed by atoms with Crippen LogP contribution in [0.1, 0.15) is 12.5 Å². The number of anilines is 1. The highest BCUT2D eigenvalue weighted by atomic mass is 35.5. The predicted octanol–water partition coefficient (Wildman–Crippen LogP) is 2.59. The van der Waals surface area contributed by atoms with Crippen molar-refractivity contribution in [1.82, 2.24) is 5.43 Å². The summed E-state index contributed by atoms with van der Waals surface area (Å²) in [5, 5.41) is 7.20. The van der Waals surface area contributed by atoms with E-state index in [9.17, 15) is 9.59 Å². The Hall–Kier alpha value is -3.06. The molecule has 2 amide bonds. The summed E-state index contributed by atoms with van der Waals surface area (Å²) in [6.07, 6.45) is 0. The first-order chi connectivity index (χ1) is 12.5. The summed E-state index contributed by atoms with van der Waals surface area (Å²) in [6, 6.07) is 12.2. The molecule has 0 aromatic heterocycles. The molecule has 2 aromatic carbocycles.